The lowest BCUT2D eigenvalue weighted by molar-refractivity contribution is -0.0812. The highest BCUT2D eigenvalue weighted by Gasteiger charge is 2.48. The van der Waals surface area contributed by atoms with Crippen molar-refractivity contribution in [1.29, 1.82) is 0 Å². The Balaban J connectivity index is 1.11. The predicted octanol–water partition coefficient (Wildman–Crippen LogP) is 4.30. The Labute approximate surface area is 187 Å². The number of fused-ring (bicyclic) bond motifs is 3. The number of nitrogens with zero attached hydrogens (tertiary/aromatic N) is 1. The van der Waals surface area contributed by atoms with E-state index in [0.717, 1.165) is 23.6 Å². The first kappa shape index (κ1) is 20.2. The molecule has 5 nitrogen and oxygen atoms in total. The Kier molecular flexibility index (Phi) is 5.10. The average molecular weight is 442 g/mol. The van der Waals surface area contributed by atoms with E-state index in [9.17, 15) is 10.2 Å². The molecule has 0 amide bonds. The van der Waals surface area contributed by atoms with Crippen molar-refractivity contribution in [2.45, 2.75) is 81.7 Å². The molecule has 4 aliphatic rings. The smallest absolute Gasteiger partial charge is 0.122 e. The molecule has 1 spiro atoms. The van der Waals surface area contributed by atoms with Gasteiger partial charge in [-0.1, -0.05) is 6.07 Å². The second-order valence-electron chi connectivity index (χ2n) is 9.97. The number of thiazole rings is 1. The largest absolute Gasteiger partial charge is 0.493 e. The molecule has 5 atom stereocenters. The lowest BCUT2D eigenvalue weighted by Crippen LogP contribution is -2.33. The van der Waals surface area contributed by atoms with Gasteiger partial charge in [0.05, 0.1) is 31.1 Å². The molecule has 2 saturated carbocycles. The number of aliphatic hydroxyl groups is 2. The molecule has 2 heterocycles. The number of rotatable bonds is 5. The highest BCUT2D eigenvalue weighted by atomic mass is 32.1. The minimum Gasteiger partial charge on any atom is -0.493 e. The van der Waals surface area contributed by atoms with Crippen LogP contribution in [-0.2, 0) is 23.2 Å². The van der Waals surface area contributed by atoms with E-state index in [1.807, 2.05) is 5.38 Å². The summed E-state index contributed by atoms with van der Waals surface area (Å²) in [6.07, 6.45) is 8.73. The summed E-state index contributed by atoms with van der Waals surface area (Å²) in [4.78, 5) is 4.49. The van der Waals surface area contributed by atoms with Crippen molar-refractivity contribution >= 4 is 11.3 Å². The summed E-state index contributed by atoms with van der Waals surface area (Å²) in [5, 5.41) is 22.9. The summed E-state index contributed by atoms with van der Waals surface area (Å²) in [5.74, 6) is 1.40. The van der Waals surface area contributed by atoms with Gasteiger partial charge in [-0.15, -0.1) is 11.3 Å². The number of aryl methyl sites for hydroxylation is 1. The van der Waals surface area contributed by atoms with Crippen LogP contribution in [0.25, 0.3) is 0 Å². The molecule has 2 N–H and O–H groups in total. The summed E-state index contributed by atoms with van der Waals surface area (Å²) in [7, 11) is 0. The van der Waals surface area contributed by atoms with Crippen molar-refractivity contribution in [3.63, 3.8) is 0 Å². The quantitative estimate of drug-likeness (QED) is 0.724. The van der Waals surface area contributed by atoms with Crippen LogP contribution in [0.5, 0.6) is 5.75 Å². The number of ether oxygens (including phenoxy) is 2. The third-order valence-corrected chi connectivity index (χ3v) is 9.14. The van der Waals surface area contributed by atoms with Crippen LogP contribution in [0.3, 0.4) is 0 Å². The van der Waals surface area contributed by atoms with E-state index in [0.29, 0.717) is 30.1 Å². The molecule has 0 radical (unpaired) electrons. The van der Waals surface area contributed by atoms with Crippen molar-refractivity contribution in [2.75, 3.05) is 6.61 Å². The van der Waals surface area contributed by atoms with E-state index < -0.39 is 0 Å². The number of aromatic nitrogens is 1. The number of hydrogen-bond acceptors (Lipinski definition) is 6. The number of aliphatic hydroxyl groups excluding tert-OH is 2. The monoisotopic (exact) mass is 441 g/mol. The Morgan fingerprint density at radius 3 is 2.94 bits per heavy atom. The van der Waals surface area contributed by atoms with Crippen molar-refractivity contribution in [3.05, 3.63) is 45.4 Å². The molecule has 1 aromatic carbocycles. The van der Waals surface area contributed by atoms with E-state index >= 15 is 0 Å². The Morgan fingerprint density at radius 1 is 1.23 bits per heavy atom. The first-order valence-electron chi connectivity index (χ1n) is 11.8. The van der Waals surface area contributed by atoms with Gasteiger partial charge in [0.15, 0.2) is 0 Å². The maximum atomic E-state index is 10.8. The van der Waals surface area contributed by atoms with E-state index in [4.69, 9.17) is 9.47 Å². The molecule has 31 heavy (non-hydrogen) atoms. The van der Waals surface area contributed by atoms with Crippen LogP contribution in [0.2, 0.25) is 0 Å². The van der Waals surface area contributed by atoms with E-state index in [1.54, 1.807) is 11.3 Å². The fourth-order valence-corrected chi connectivity index (χ4v) is 7.14. The molecule has 1 saturated heterocycles. The van der Waals surface area contributed by atoms with Crippen LogP contribution in [-0.4, -0.2) is 34.0 Å². The minimum atomic E-state index is -0.384. The molecule has 3 fully saturated rings. The standard InChI is InChI=1S/C25H31NO4S/c27-12-16-14-31-24(26-16)22-6-5-18-19(21(28)11-23(18)30-22)13-29-17-4-3-15-2-1-7-25(8-9-25)20(15)10-17/h3-4,10,14,18-19,21-23,27-28H,1-2,5-9,11-13H2/t18-,19-,21+,22-,23+/m1/s1. The third-order valence-electron chi connectivity index (χ3n) is 8.15. The summed E-state index contributed by atoms with van der Waals surface area (Å²) in [6, 6.07) is 6.67. The summed E-state index contributed by atoms with van der Waals surface area (Å²) in [6.45, 7) is 0.519. The van der Waals surface area contributed by atoms with Crippen molar-refractivity contribution in [1.82, 2.24) is 4.98 Å². The zero-order valence-electron chi connectivity index (χ0n) is 17.8. The lowest BCUT2D eigenvalue weighted by Gasteiger charge is -2.34. The van der Waals surface area contributed by atoms with Gasteiger partial charge in [0.1, 0.15) is 16.9 Å². The van der Waals surface area contributed by atoms with Crippen molar-refractivity contribution < 1.29 is 19.7 Å². The molecule has 6 rings (SSSR count). The lowest BCUT2D eigenvalue weighted by atomic mass is 9.80. The minimum absolute atomic E-state index is 0.0196. The molecule has 0 bridgehead atoms. The Hall–Kier alpha value is -1.47. The number of benzene rings is 1. The molecular weight excluding hydrogens is 410 g/mol. The van der Waals surface area contributed by atoms with Crippen LogP contribution >= 0.6 is 11.3 Å². The van der Waals surface area contributed by atoms with Crippen LogP contribution in [0.15, 0.2) is 23.6 Å². The van der Waals surface area contributed by atoms with E-state index in [2.05, 4.69) is 23.2 Å². The van der Waals surface area contributed by atoms with Gasteiger partial charge in [0.2, 0.25) is 0 Å². The molecule has 1 aromatic heterocycles. The zero-order chi connectivity index (χ0) is 21.0. The highest BCUT2D eigenvalue weighted by molar-refractivity contribution is 7.09. The van der Waals surface area contributed by atoms with Crippen LogP contribution in [0, 0.1) is 11.8 Å². The maximum Gasteiger partial charge on any atom is 0.122 e. The maximum absolute atomic E-state index is 10.8. The molecule has 166 valence electrons. The van der Waals surface area contributed by atoms with Gasteiger partial charge >= 0.3 is 0 Å². The van der Waals surface area contributed by atoms with Gasteiger partial charge in [-0.2, -0.15) is 0 Å². The fraction of sp³-hybridized carbons (Fsp3) is 0.640. The van der Waals surface area contributed by atoms with Gasteiger partial charge in [-0.3, -0.25) is 0 Å². The molecule has 6 heteroatoms. The highest BCUT2D eigenvalue weighted by Crippen LogP contribution is 2.56. The third kappa shape index (κ3) is 3.62. The molecule has 2 aromatic rings. The number of hydrogen-bond donors (Lipinski definition) is 2. The van der Waals surface area contributed by atoms with Crippen LogP contribution in [0.4, 0.5) is 0 Å². The second kappa shape index (κ2) is 7.84. The van der Waals surface area contributed by atoms with Gasteiger partial charge in [0.25, 0.3) is 0 Å². The molecule has 3 aliphatic carbocycles. The average Bonchev–Trinajstić information content (AvgIpc) is 3.26. The topological polar surface area (TPSA) is 71.8 Å². The fourth-order valence-electron chi connectivity index (χ4n) is 6.26. The van der Waals surface area contributed by atoms with E-state index in [1.165, 1.54) is 43.2 Å². The van der Waals surface area contributed by atoms with Gasteiger partial charge in [-0.25, -0.2) is 4.98 Å². The Bertz CT molecular complexity index is 955. The first-order valence-corrected chi connectivity index (χ1v) is 12.7. The van der Waals surface area contributed by atoms with Crippen molar-refractivity contribution in [2.24, 2.45) is 11.8 Å². The van der Waals surface area contributed by atoms with Gasteiger partial charge in [-0.05, 0) is 79.5 Å². The SMILES string of the molecule is OCc1csc([C@H]2CC[C@@H]3[C@@H](COc4ccc5c(c4)C4(CCC5)CC4)[C@@H](O)C[C@@H]3O2)n1. The molecular formula is C25H31NO4S. The zero-order valence-corrected chi connectivity index (χ0v) is 18.7. The summed E-state index contributed by atoms with van der Waals surface area (Å²) in [5.41, 5.74) is 4.19. The molecule has 1 aliphatic heterocycles. The van der Waals surface area contributed by atoms with Gasteiger partial charge < -0.3 is 19.7 Å². The van der Waals surface area contributed by atoms with Crippen molar-refractivity contribution in [3.8, 4) is 5.75 Å². The normalized spacial score (nSPS) is 33.2. The molecule has 0 unspecified atom stereocenters. The summed E-state index contributed by atoms with van der Waals surface area (Å²) >= 11 is 1.56. The summed E-state index contributed by atoms with van der Waals surface area (Å²) < 4.78 is 12.6. The predicted molar refractivity (Wildman–Crippen MR) is 118 cm³/mol. The van der Waals surface area contributed by atoms with Crippen LogP contribution < -0.4 is 4.74 Å². The van der Waals surface area contributed by atoms with Crippen LogP contribution in [0.1, 0.15) is 72.9 Å². The Morgan fingerprint density at radius 2 is 2.13 bits per heavy atom. The second-order valence-corrected chi connectivity index (χ2v) is 10.9. The van der Waals surface area contributed by atoms with Gasteiger partial charge in [0, 0.05) is 17.7 Å². The first-order chi connectivity index (χ1) is 15.1. The van der Waals surface area contributed by atoms with E-state index in [-0.39, 0.29) is 30.8 Å².